The van der Waals surface area contributed by atoms with Gasteiger partial charge < -0.3 is 0 Å². The highest BCUT2D eigenvalue weighted by atomic mass is 19.2. The zero-order valence-corrected chi connectivity index (χ0v) is 13.7. The molecule has 0 spiro atoms. The molecule has 3 heteroatoms. The topological polar surface area (TPSA) is 23.8 Å². The molecule has 1 aliphatic rings. The van der Waals surface area contributed by atoms with Crippen LogP contribution < -0.4 is 0 Å². The van der Waals surface area contributed by atoms with Crippen molar-refractivity contribution in [1.82, 2.24) is 0 Å². The summed E-state index contributed by atoms with van der Waals surface area (Å²) in [7, 11) is 0. The average molecular weight is 333 g/mol. The summed E-state index contributed by atoms with van der Waals surface area (Å²) in [5.41, 5.74) is 0.133. The van der Waals surface area contributed by atoms with E-state index in [0.29, 0.717) is 12.0 Å². The van der Waals surface area contributed by atoms with Crippen LogP contribution in [0.3, 0.4) is 0 Å². The van der Waals surface area contributed by atoms with Gasteiger partial charge in [-0.25, -0.2) is 8.78 Å². The van der Waals surface area contributed by atoms with E-state index in [1.807, 2.05) is 24.3 Å². The molecule has 1 nitrogen and oxygen atoms in total. The summed E-state index contributed by atoms with van der Waals surface area (Å²) >= 11 is 0. The number of hydrogen-bond acceptors (Lipinski definition) is 1. The smallest absolute Gasteiger partial charge is 0.192 e. The van der Waals surface area contributed by atoms with E-state index in [4.69, 9.17) is 5.26 Å². The van der Waals surface area contributed by atoms with Gasteiger partial charge in [-0.1, -0.05) is 60.7 Å². The van der Waals surface area contributed by atoms with Gasteiger partial charge in [-0.2, -0.15) is 5.26 Å². The third-order valence-electron chi connectivity index (χ3n) is 4.36. The summed E-state index contributed by atoms with van der Waals surface area (Å²) in [4.78, 5) is 0. The number of nitrogens with zero attached hydrogens (tertiary/aromatic N) is 1. The standard InChI is InChI=1S/C22H17F2N/c1-2-7-16-8-5-9-17(14-16)19-11-3-4-12-20(19)22(24)13-6-10-18(15-25)21(22)23/h2-6,8-12,14H,1,7,13H2. The van der Waals surface area contributed by atoms with Crippen molar-refractivity contribution in [1.29, 1.82) is 5.26 Å². The van der Waals surface area contributed by atoms with Crippen LogP contribution in [-0.2, 0) is 12.1 Å². The molecular formula is C22H17F2N. The van der Waals surface area contributed by atoms with Gasteiger partial charge in [0, 0.05) is 12.0 Å². The van der Waals surface area contributed by atoms with Gasteiger partial charge in [0.1, 0.15) is 6.07 Å². The lowest BCUT2D eigenvalue weighted by atomic mass is 9.81. The first-order valence-corrected chi connectivity index (χ1v) is 8.05. The Morgan fingerprint density at radius 3 is 2.76 bits per heavy atom. The van der Waals surface area contributed by atoms with Crippen molar-refractivity contribution in [2.75, 3.05) is 0 Å². The molecule has 0 fully saturated rings. The van der Waals surface area contributed by atoms with E-state index in [1.165, 1.54) is 12.2 Å². The maximum Gasteiger partial charge on any atom is 0.192 e. The van der Waals surface area contributed by atoms with Crippen LogP contribution >= 0.6 is 0 Å². The number of allylic oxidation sites excluding steroid dienone is 5. The third kappa shape index (κ3) is 3.04. The molecule has 0 amide bonds. The van der Waals surface area contributed by atoms with E-state index in [-0.39, 0.29) is 17.6 Å². The Bertz CT molecular complexity index is 918. The molecule has 1 atom stereocenters. The van der Waals surface area contributed by atoms with Crippen molar-refractivity contribution in [2.45, 2.75) is 18.5 Å². The minimum absolute atomic E-state index is 0.132. The molecule has 0 heterocycles. The lowest BCUT2D eigenvalue weighted by Gasteiger charge is -2.28. The summed E-state index contributed by atoms with van der Waals surface area (Å²) in [5, 5.41) is 9.05. The molecular weight excluding hydrogens is 316 g/mol. The molecule has 0 saturated heterocycles. The predicted octanol–water partition coefficient (Wildman–Crippen LogP) is 5.95. The molecule has 1 aliphatic carbocycles. The highest BCUT2D eigenvalue weighted by Gasteiger charge is 2.41. The minimum atomic E-state index is -2.33. The van der Waals surface area contributed by atoms with Crippen molar-refractivity contribution in [2.24, 2.45) is 0 Å². The van der Waals surface area contributed by atoms with E-state index in [0.717, 1.165) is 11.1 Å². The fourth-order valence-corrected chi connectivity index (χ4v) is 3.14. The first-order valence-electron chi connectivity index (χ1n) is 8.05. The van der Waals surface area contributed by atoms with Crippen molar-refractivity contribution in [3.63, 3.8) is 0 Å². The van der Waals surface area contributed by atoms with Crippen LogP contribution in [0.15, 0.2) is 84.7 Å². The Morgan fingerprint density at radius 2 is 2.00 bits per heavy atom. The molecule has 0 bridgehead atoms. The lowest BCUT2D eigenvalue weighted by Crippen LogP contribution is -2.24. The molecule has 0 aromatic heterocycles. The van der Waals surface area contributed by atoms with Gasteiger partial charge in [-0.15, -0.1) is 6.58 Å². The Balaban J connectivity index is 2.16. The van der Waals surface area contributed by atoms with Gasteiger partial charge in [0.15, 0.2) is 11.5 Å². The highest BCUT2D eigenvalue weighted by Crippen LogP contribution is 2.46. The number of benzene rings is 2. The second-order valence-corrected chi connectivity index (χ2v) is 5.99. The number of hydrogen-bond donors (Lipinski definition) is 0. The van der Waals surface area contributed by atoms with Crippen molar-refractivity contribution >= 4 is 0 Å². The van der Waals surface area contributed by atoms with E-state index < -0.39 is 11.5 Å². The molecule has 0 aliphatic heterocycles. The molecule has 2 aromatic rings. The summed E-state index contributed by atoms with van der Waals surface area (Å²) in [5.74, 6) is -1.02. The van der Waals surface area contributed by atoms with Crippen molar-refractivity contribution in [3.05, 3.63) is 95.9 Å². The second kappa shape index (κ2) is 6.86. The summed E-state index contributed by atoms with van der Waals surface area (Å²) < 4.78 is 30.4. The third-order valence-corrected chi connectivity index (χ3v) is 4.36. The maximum atomic E-state index is 15.7. The molecule has 1 unspecified atom stereocenters. The quantitative estimate of drug-likeness (QED) is 0.634. The summed E-state index contributed by atoms with van der Waals surface area (Å²) in [6.45, 7) is 3.73. The van der Waals surface area contributed by atoms with Gasteiger partial charge in [0.2, 0.25) is 0 Å². The molecule has 124 valence electrons. The predicted molar refractivity (Wildman–Crippen MR) is 96.1 cm³/mol. The van der Waals surface area contributed by atoms with Gasteiger partial charge in [0.25, 0.3) is 0 Å². The van der Waals surface area contributed by atoms with Gasteiger partial charge in [-0.05, 0) is 29.2 Å². The first kappa shape index (κ1) is 16.9. The normalized spacial score (nSPS) is 19.6. The van der Waals surface area contributed by atoms with Crippen LogP contribution in [0, 0.1) is 11.3 Å². The number of rotatable bonds is 4. The fourth-order valence-electron chi connectivity index (χ4n) is 3.14. The Hall–Kier alpha value is -2.99. The summed E-state index contributed by atoms with van der Waals surface area (Å²) in [6, 6.07) is 16.3. The Morgan fingerprint density at radius 1 is 1.20 bits per heavy atom. The molecule has 0 radical (unpaired) electrons. The van der Waals surface area contributed by atoms with E-state index in [2.05, 4.69) is 6.58 Å². The monoisotopic (exact) mass is 333 g/mol. The average Bonchev–Trinajstić information content (AvgIpc) is 2.64. The number of alkyl halides is 1. The molecule has 0 N–H and O–H groups in total. The number of halogens is 2. The number of nitriles is 1. The van der Waals surface area contributed by atoms with Crippen molar-refractivity contribution in [3.8, 4) is 17.2 Å². The van der Waals surface area contributed by atoms with Gasteiger partial charge in [-0.3, -0.25) is 0 Å². The largest absolute Gasteiger partial charge is 0.230 e. The van der Waals surface area contributed by atoms with Crippen LogP contribution in [0.2, 0.25) is 0 Å². The van der Waals surface area contributed by atoms with Crippen LogP contribution in [0.25, 0.3) is 11.1 Å². The van der Waals surface area contributed by atoms with Crippen LogP contribution in [0.4, 0.5) is 8.78 Å². The lowest BCUT2D eigenvalue weighted by molar-refractivity contribution is 0.176. The SMILES string of the molecule is C=CCc1cccc(-c2ccccc2C2(F)CC=CC(C#N)=C2F)c1. The fraction of sp³-hybridized carbons (Fsp3) is 0.136. The van der Waals surface area contributed by atoms with E-state index in [9.17, 15) is 4.39 Å². The van der Waals surface area contributed by atoms with Gasteiger partial charge >= 0.3 is 0 Å². The zero-order valence-electron chi connectivity index (χ0n) is 13.7. The maximum absolute atomic E-state index is 15.7. The molecule has 25 heavy (non-hydrogen) atoms. The first-order chi connectivity index (χ1) is 12.1. The summed E-state index contributed by atoms with van der Waals surface area (Å²) in [6.07, 6.45) is 5.21. The van der Waals surface area contributed by atoms with Crippen LogP contribution in [0.5, 0.6) is 0 Å². The van der Waals surface area contributed by atoms with Crippen molar-refractivity contribution < 1.29 is 8.78 Å². The van der Waals surface area contributed by atoms with Crippen LogP contribution in [-0.4, -0.2) is 0 Å². The molecule has 2 aromatic carbocycles. The Labute approximate surface area is 146 Å². The highest BCUT2D eigenvalue weighted by molar-refractivity contribution is 5.70. The van der Waals surface area contributed by atoms with E-state index in [1.54, 1.807) is 36.4 Å². The Kier molecular flexibility index (Phi) is 4.63. The second-order valence-electron chi connectivity index (χ2n) is 5.99. The zero-order chi connectivity index (χ0) is 17.9. The minimum Gasteiger partial charge on any atom is -0.230 e. The molecule has 3 rings (SSSR count). The van der Waals surface area contributed by atoms with Crippen LogP contribution in [0.1, 0.15) is 17.5 Å². The van der Waals surface area contributed by atoms with E-state index >= 15 is 4.39 Å². The van der Waals surface area contributed by atoms with Gasteiger partial charge in [0.05, 0.1) is 5.57 Å². The molecule has 0 saturated carbocycles.